The summed E-state index contributed by atoms with van der Waals surface area (Å²) in [6.07, 6.45) is -33.3. The SMILES string of the molecule is CCCCCCCCCCCCC/C=C/[C@@H](O)[C@H](CO[C@@H]1OC(CO)[C@@H](O[C@@H]2OC(CO)[C@H](O[C@@H]3OC(CO)[C@H](O)[C@H](O[C@@H]4OC(CO)[C@H](O)[C@H](O[C@]5(C(=O)O)CC(O)[C@@H](NC(C)=O)C([C@H](O)[C@H](O)CO)O5)C4O)C3NC(C)=O)[C@H](O[C@]3(C(=O)O)CC(O)[C@@H](NC(=O)CO)C([C@H](O)[C@H](O)CO)O3)C2O)[C@H](O)C1O)NC(=O)CCCCCCCCCCCCCCCCC. The number of unbranched alkanes of at least 4 members (excludes halogenated alkanes) is 25. The van der Waals surface area contributed by atoms with E-state index >= 15 is 0 Å². The molecule has 6 fully saturated rings. The summed E-state index contributed by atoms with van der Waals surface area (Å²) < 4.78 is 72.2. The highest BCUT2D eigenvalue weighted by Gasteiger charge is 2.64. The molecule has 0 spiro atoms. The van der Waals surface area contributed by atoms with Crippen LogP contribution in [0.1, 0.15) is 220 Å². The van der Waals surface area contributed by atoms with E-state index in [1.54, 1.807) is 6.08 Å². The van der Waals surface area contributed by atoms with Crippen molar-refractivity contribution in [3.05, 3.63) is 12.2 Å². The lowest BCUT2D eigenvalue weighted by molar-refractivity contribution is -0.405. The van der Waals surface area contributed by atoms with E-state index in [9.17, 15) is 141 Å². The van der Waals surface area contributed by atoms with Crippen molar-refractivity contribution >= 4 is 35.6 Å². The fraction of sp³-hybridized carbons (Fsp3) is 0.905. The van der Waals surface area contributed by atoms with Crippen molar-refractivity contribution in [3.8, 4) is 0 Å². The van der Waals surface area contributed by atoms with Crippen LogP contribution >= 0.6 is 0 Å². The maximum Gasteiger partial charge on any atom is 0.364 e. The first-order chi connectivity index (χ1) is 61.1. The van der Waals surface area contributed by atoms with Gasteiger partial charge in [0.25, 0.3) is 11.6 Å². The second-order valence-corrected chi connectivity index (χ2v) is 34.3. The third-order valence-corrected chi connectivity index (χ3v) is 24.2. The Morgan fingerprint density at radius 2 is 0.797 bits per heavy atom. The van der Waals surface area contributed by atoms with Gasteiger partial charge in [-0.3, -0.25) is 19.2 Å². The highest BCUT2D eigenvalue weighted by molar-refractivity contribution is 5.79. The average molecular weight is 1850 g/mol. The predicted molar refractivity (Wildman–Crippen MR) is 441 cm³/mol. The minimum Gasteiger partial charge on any atom is -0.477 e. The molecule has 0 aromatic carbocycles. The van der Waals surface area contributed by atoms with Gasteiger partial charge in [-0.2, -0.15) is 0 Å². The van der Waals surface area contributed by atoms with E-state index in [-0.39, 0.29) is 6.42 Å². The van der Waals surface area contributed by atoms with Crippen LogP contribution in [0.25, 0.3) is 0 Å². The summed E-state index contributed by atoms with van der Waals surface area (Å²) in [5, 5.41) is 257. The van der Waals surface area contributed by atoms with Gasteiger partial charge in [0, 0.05) is 33.1 Å². The van der Waals surface area contributed by atoms with Crippen LogP contribution in [0.5, 0.6) is 0 Å². The Bertz CT molecular complexity index is 3220. The summed E-state index contributed by atoms with van der Waals surface area (Å²) in [6, 6.07) is -7.14. The van der Waals surface area contributed by atoms with Gasteiger partial charge in [-0.05, 0) is 19.3 Å². The molecule has 744 valence electrons. The summed E-state index contributed by atoms with van der Waals surface area (Å²) in [4.78, 5) is 79.7. The second kappa shape index (κ2) is 57.2. The van der Waals surface area contributed by atoms with E-state index in [1.807, 2.05) is 0 Å². The number of carbonyl (C=O) groups excluding carboxylic acids is 4. The first-order valence-corrected chi connectivity index (χ1v) is 45.4. The van der Waals surface area contributed by atoms with Gasteiger partial charge in [-0.1, -0.05) is 180 Å². The Morgan fingerprint density at radius 3 is 1.24 bits per heavy atom. The number of hydrogen-bond acceptors (Lipinski definition) is 38. The predicted octanol–water partition coefficient (Wildman–Crippen LogP) is -4.90. The summed E-state index contributed by atoms with van der Waals surface area (Å²) in [7, 11) is 0. The molecule has 0 radical (unpaired) electrons. The molecule has 6 saturated heterocycles. The molecule has 4 amide bonds. The minimum atomic E-state index is -3.56. The van der Waals surface area contributed by atoms with Crippen LogP contribution in [-0.2, 0) is 85.6 Å². The molecular weight excluding hydrogens is 1700 g/mol. The van der Waals surface area contributed by atoms with Crippen molar-refractivity contribution in [2.45, 2.75) is 428 Å². The third-order valence-electron chi connectivity index (χ3n) is 24.2. The average Bonchev–Trinajstić information content (AvgIpc) is 0.742. The topological polar surface area (TPSA) is 706 Å². The van der Waals surface area contributed by atoms with Crippen LogP contribution in [0.4, 0.5) is 0 Å². The number of aliphatic hydroxyl groups excluding tert-OH is 20. The normalized spacial score (nSPS) is 34.9. The molecule has 44 nitrogen and oxygen atoms in total. The molecule has 0 aromatic heterocycles. The van der Waals surface area contributed by atoms with Crippen LogP contribution in [0.15, 0.2) is 12.2 Å². The summed E-state index contributed by atoms with van der Waals surface area (Å²) in [6.45, 7) is -3.23. The maximum atomic E-state index is 14.1. The van der Waals surface area contributed by atoms with E-state index < -0.39 is 309 Å². The first-order valence-electron chi connectivity index (χ1n) is 45.4. The van der Waals surface area contributed by atoms with Crippen molar-refractivity contribution in [2.24, 2.45) is 0 Å². The molecule has 0 aromatic rings. The maximum absolute atomic E-state index is 14.1. The number of allylic oxidation sites excluding steroid dienone is 1. The summed E-state index contributed by atoms with van der Waals surface area (Å²) in [5.41, 5.74) is 0. The van der Waals surface area contributed by atoms with Crippen molar-refractivity contribution < 1.29 is 198 Å². The summed E-state index contributed by atoms with van der Waals surface area (Å²) in [5.74, 6) is -15.0. The molecule has 0 saturated carbocycles. The van der Waals surface area contributed by atoms with Crippen molar-refractivity contribution in [1.29, 1.82) is 0 Å². The molecule has 26 N–H and O–H groups in total. The molecule has 6 heterocycles. The highest BCUT2D eigenvalue weighted by atomic mass is 16.8. The Kier molecular flexibility index (Phi) is 50.1. The lowest BCUT2D eigenvalue weighted by Crippen LogP contribution is -2.72. The zero-order chi connectivity index (χ0) is 94.5. The molecule has 44 heteroatoms. The van der Waals surface area contributed by atoms with Gasteiger partial charge < -0.3 is 190 Å². The molecular formula is C84H148N4O40. The molecule has 6 rings (SSSR count). The van der Waals surface area contributed by atoms with Crippen LogP contribution in [0.3, 0.4) is 0 Å². The zero-order valence-corrected chi connectivity index (χ0v) is 73.7. The molecule has 6 aliphatic rings. The number of carboxylic acid groups (broad SMARTS) is 2. The Hall–Kier alpha value is -4.72. The monoisotopic (exact) mass is 1850 g/mol. The number of hydrogen-bond donors (Lipinski definition) is 26. The molecule has 128 heavy (non-hydrogen) atoms. The van der Waals surface area contributed by atoms with Crippen LogP contribution in [-0.4, -0.2) is 408 Å². The van der Waals surface area contributed by atoms with Gasteiger partial charge in [0.1, 0.15) is 141 Å². The van der Waals surface area contributed by atoms with Gasteiger partial charge in [0.2, 0.25) is 23.6 Å². The molecule has 0 bridgehead atoms. The zero-order valence-electron chi connectivity index (χ0n) is 73.7. The number of ether oxygens (including phenoxy) is 12. The molecule has 0 aliphatic carbocycles. The van der Waals surface area contributed by atoms with E-state index in [0.29, 0.717) is 12.8 Å². The smallest absolute Gasteiger partial charge is 0.364 e. The number of aliphatic hydroxyl groups is 20. The van der Waals surface area contributed by atoms with Crippen molar-refractivity contribution in [1.82, 2.24) is 21.3 Å². The lowest BCUT2D eigenvalue weighted by Gasteiger charge is -2.53. The van der Waals surface area contributed by atoms with E-state index in [1.165, 1.54) is 102 Å². The standard InChI is InChI=1S/C84H148N4O40/c1-5-7-9-11-13-15-17-19-20-22-24-26-28-30-32-34-57(103)87-47(48(98)33-31-29-27-25-23-21-18-16-14-12-10-8-6-2)44-117-78-67(110)66(109)70(55(41-93)120-78)122-80-69(112)76(128-84(82(115)116)36-50(100)60(88-58(104)43-95)74(126-84)63(106)52(102)38-90)71(56(42-94)121-80)123-77-61(86-46(4)97)72(64(107)53(39-91)118-77)124-79-68(111)75(65(108)54(40-92)119-79)127-83(81(113)114)35-49(99)59(85-45(3)96)73(125-83)62(105)51(101)37-89/h31,33,47-56,59-80,89-95,98-102,105-112H,5-30,32,34-44H2,1-4H3,(H,85,96)(H,86,97)(H,87,103)(H,88,104)(H,113,114)(H,115,116)/b33-31+/t47-,48+,49?,50?,51+,52+,53?,54?,55?,56?,59+,60+,61?,62+,63+,64-,65-,66+,67?,68?,69?,70+,71-,72+,73?,74?,75-,76+,77-,78+,79-,80-,83-,84-/m0/s1. The second-order valence-electron chi connectivity index (χ2n) is 34.3. The quantitative estimate of drug-likeness (QED) is 0.0200. The lowest BCUT2D eigenvalue weighted by atomic mass is 9.88. The van der Waals surface area contributed by atoms with Crippen LogP contribution in [0, 0.1) is 0 Å². The molecule has 6 aliphatic heterocycles. The van der Waals surface area contributed by atoms with Gasteiger partial charge in [-0.15, -0.1) is 0 Å². The largest absolute Gasteiger partial charge is 0.477 e. The minimum absolute atomic E-state index is 0.0877. The first kappa shape index (κ1) is 112. The van der Waals surface area contributed by atoms with Gasteiger partial charge in [-0.25, -0.2) is 9.59 Å². The van der Waals surface area contributed by atoms with Crippen LogP contribution < -0.4 is 21.3 Å². The van der Waals surface area contributed by atoms with E-state index in [0.717, 1.165) is 78.1 Å². The van der Waals surface area contributed by atoms with Crippen LogP contribution in [0.2, 0.25) is 0 Å². The van der Waals surface area contributed by atoms with Crippen molar-refractivity contribution in [2.75, 3.05) is 52.9 Å². The van der Waals surface area contributed by atoms with Gasteiger partial charge >= 0.3 is 11.9 Å². The summed E-state index contributed by atoms with van der Waals surface area (Å²) >= 11 is 0. The number of nitrogens with one attached hydrogen (secondary N) is 4. The number of rotatable bonds is 60. The number of aliphatic carboxylic acids is 2. The fourth-order valence-corrected chi connectivity index (χ4v) is 16.9. The fourth-order valence-electron chi connectivity index (χ4n) is 16.9. The van der Waals surface area contributed by atoms with E-state index in [4.69, 9.17) is 56.8 Å². The van der Waals surface area contributed by atoms with Gasteiger partial charge in [0.05, 0.1) is 82.7 Å². The van der Waals surface area contributed by atoms with Gasteiger partial charge in [0.15, 0.2) is 25.2 Å². The van der Waals surface area contributed by atoms with Crippen molar-refractivity contribution in [3.63, 3.8) is 0 Å². The Morgan fingerprint density at radius 1 is 0.414 bits per heavy atom. The molecule has 12 unspecified atom stereocenters. The number of carbonyl (C=O) groups is 6. The number of amides is 4. The number of carboxylic acids is 2. The Labute approximate surface area is 744 Å². The Balaban J connectivity index is 1.31. The highest BCUT2D eigenvalue weighted by Crippen LogP contribution is 2.43. The van der Waals surface area contributed by atoms with E-state index in [2.05, 4.69) is 35.1 Å². The third kappa shape index (κ3) is 32.5. The molecule has 34 atom stereocenters.